The van der Waals surface area contributed by atoms with Crippen LogP contribution in [-0.2, 0) is 24.4 Å². The van der Waals surface area contributed by atoms with Crippen molar-refractivity contribution in [1.29, 1.82) is 0 Å². The highest BCUT2D eigenvalue weighted by Crippen LogP contribution is 2.14. The van der Waals surface area contributed by atoms with E-state index in [-0.39, 0.29) is 19.8 Å². The van der Waals surface area contributed by atoms with Crippen LogP contribution in [0.25, 0.3) is 0 Å². The lowest BCUT2D eigenvalue weighted by atomic mass is 10.0. The summed E-state index contributed by atoms with van der Waals surface area (Å²) in [6.45, 7) is 1.55. The van der Waals surface area contributed by atoms with E-state index in [1.54, 1.807) is 0 Å². The SMILES string of the molecule is CCCCCCCCCCCCCCCCCCOC(=O)C(CC(=O)O)S(=O)(=O)O.OCC(O)CO. The van der Waals surface area contributed by atoms with Crippen LogP contribution in [-0.4, -0.2) is 76.5 Å². The van der Waals surface area contributed by atoms with Crippen molar-refractivity contribution >= 4 is 22.1 Å². The van der Waals surface area contributed by atoms with Crippen molar-refractivity contribution in [2.75, 3.05) is 19.8 Å². The Morgan fingerprint density at radius 3 is 1.36 bits per heavy atom. The molecule has 0 saturated heterocycles. The Morgan fingerprint density at radius 2 is 1.08 bits per heavy atom. The molecule has 5 N–H and O–H groups in total. The summed E-state index contributed by atoms with van der Waals surface area (Å²) in [5.41, 5.74) is 0. The normalized spacial score (nSPS) is 12.2. The van der Waals surface area contributed by atoms with Gasteiger partial charge < -0.3 is 25.2 Å². The predicted molar refractivity (Wildman–Crippen MR) is 138 cm³/mol. The monoisotopic (exact) mass is 542 g/mol. The number of carboxylic acids is 1. The van der Waals surface area contributed by atoms with E-state index in [1.165, 1.54) is 77.0 Å². The highest BCUT2D eigenvalue weighted by Gasteiger charge is 2.34. The van der Waals surface area contributed by atoms with Gasteiger partial charge in [-0.3, -0.25) is 14.1 Å². The molecule has 0 aliphatic rings. The molecule has 0 aromatic rings. The first-order valence-electron chi connectivity index (χ1n) is 13.3. The number of hydrogen-bond donors (Lipinski definition) is 5. The van der Waals surface area contributed by atoms with Gasteiger partial charge >= 0.3 is 11.9 Å². The maximum absolute atomic E-state index is 11.7. The Kier molecular flexibility index (Phi) is 26.0. The molecule has 0 amide bonds. The Hall–Kier alpha value is -1.27. The minimum atomic E-state index is -4.79. The Labute approximate surface area is 217 Å². The van der Waals surface area contributed by atoms with Crippen LogP contribution in [0.2, 0.25) is 0 Å². The van der Waals surface area contributed by atoms with Gasteiger partial charge in [-0.15, -0.1) is 0 Å². The summed E-state index contributed by atoms with van der Waals surface area (Å²) >= 11 is 0. The third kappa shape index (κ3) is 25.8. The van der Waals surface area contributed by atoms with E-state index in [0.29, 0.717) is 6.42 Å². The minimum absolute atomic E-state index is 0.0307. The smallest absolute Gasteiger partial charge is 0.327 e. The molecule has 0 saturated carbocycles. The minimum Gasteiger partial charge on any atom is -0.481 e. The zero-order valence-corrected chi connectivity index (χ0v) is 22.8. The van der Waals surface area contributed by atoms with Crippen molar-refractivity contribution in [1.82, 2.24) is 0 Å². The molecule has 0 heterocycles. The average Bonchev–Trinajstić information content (AvgIpc) is 2.83. The van der Waals surface area contributed by atoms with Crippen LogP contribution in [0.5, 0.6) is 0 Å². The molecule has 0 spiro atoms. The number of aliphatic hydroxyl groups is 3. The topological polar surface area (TPSA) is 179 Å². The third-order valence-corrected chi connectivity index (χ3v) is 6.72. The molecule has 10 nitrogen and oxygen atoms in total. The lowest BCUT2D eigenvalue weighted by molar-refractivity contribution is -0.147. The molecule has 36 heavy (non-hydrogen) atoms. The van der Waals surface area contributed by atoms with Crippen molar-refractivity contribution in [3.8, 4) is 0 Å². The first-order chi connectivity index (χ1) is 17.1. The van der Waals surface area contributed by atoms with Crippen molar-refractivity contribution in [3.63, 3.8) is 0 Å². The van der Waals surface area contributed by atoms with Gasteiger partial charge in [-0.1, -0.05) is 103 Å². The third-order valence-electron chi connectivity index (χ3n) is 5.65. The van der Waals surface area contributed by atoms with Crippen LogP contribution in [0, 0.1) is 0 Å². The molecule has 0 aliphatic carbocycles. The van der Waals surface area contributed by atoms with Crippen molar-refractivity contribution in [2.24, 2.45) is 0 Å². The number of esters is 1. The zero-order valence-electron chi connectivity index (χ0n) is 22.0. The number of unbranched alkanes of at least 4 members (excludes halogenated alkanes) is 15. The van der Waals surface area contributed by atoms with Gasteiger partial charge in [-0.2, -0.15) is 8.42 Å². The lowest BCUT2D eigenvalue weighted by Gasteiger charge is -2.11. The van der Waals surface area contributed by atoms with Crippen LogP contribution >= 0.6 is 0 Å². The van der Waals surface area contributed by atoms with Crippen LogP contribution in [0.4, 0.5) is 0 Å². The number of ether oxygens (including phenoxy) is 1. The summed E-state index contributed by atoms with van der Waals surface area (Å²) in [4.78, 5) is 22.3. The van der Waals surface area contributed by atoms with Gasteiger partial charge in [0, 0.05) is 0 Å². The van der Waals surface area contributed by atoms with Crippen molar-refractivity contribution in [3.05, 3.63) is 0 Å². The summed E-state index contributed by atoms with van der Waals surface area (Å²) in [7, 11) is -4.79. The van der Waals surface area contributed by atoms with Crippen LogP contribution in [0.15, 0.2) is 0 Å². The summed E-state index contributed by atoms with van der Waals surface area (Å²) < 4.78 is 35.9. The molecule has 1 unspecified atom stereocenters. The number of rotatable bonds is 23. The first-order valence-corrected chi connectivity index (χ1v) is 14.8. The molecule has 0 aliphatic heterocycles. The molecular weight excluding hydrogens is 492 g/mol. The van der Waals surface area contributed by atoms with Gasteiger partial charge in [0.15, 0.2) is 5.25 Å². The molecule has 0 aromatic heterocycles. The number of carbonyl (C=O) groups excluding carboxylic acids is 1. The van der Waals surface area contributed by atoms with E-state index in [4.69, 9.17) is 29.7 Å². The van der Waals surface area contributed by atoms with E-state index >= 15 is 0 Å². The van der Waals surface area contributed by atoms with Crippen LogP contribution in [0.1, 0.15) is 116 Å². The molecule has 0 rings (SSSR count). The number of carboxylic acid groups (broad SMARTS) is 1. The number of aliphatic carboxylic acids is 1. The number of aliphatic hydroxyl groups excluding tert-OH is 3. The second kappa shape index (κ2) is 25.4. The summed E-state index contributed by atoms with van der Waals surface area (Å²) in [5.74, 6) is -2.70. The second-order valence-electron chi connectivity index (χ2n) is 9.09. The van der Waals surface area contributed by atoms with E-state index in [1.807, 2.05) is 0 Å². The standard InChI is InChI=1S/C22H42O7S.C3H8O3/c1-2-3-4-5-6-7-8-9-10-11-12-13-14-15-16-17-18-29-22(25)20(19-21(23)24)30(26,27)28;4-1-3(6)2-5/h20H,2-19H2,1H3,(H,23,24)(H,26,27,28);3-6H,1-2H2. The molecule has 0 bridgehead atoms. The highest BCUT2D eigenvalue weighted by molar-refractivity contribution is 7.87. The largest absolute Gasteiger partial charge is 0.481 e. The predicted octanol–water partition coefficient (Wildman–Crippen LogP) is 3.85. The Balaban J connectivity index is 0. The Morgan fingerprint density at radius 1 is 0.722 bits per heavy atom. The van der Waals surface area contributed by atoms with Gasteiger partial charge in [0.25, 0.3) is 10.1 Å². The Bertz CT molecular complexity index is 620. The summed E-state index contributed by atoms with van der Waals surface area (Å²) in [6, 6.07) is 0. The average molecular weight is 543 g/mol. The van der Waals surface area contributed by atoms with Gasteiger partial charge in [0.1, 0.15) is 6.10 Å². The van der Waals surface area contributed by atoms with Crippen molar-refractivity contribution < 1.29 is 47.7 Å². The van der Waals surface area contributed by atoms with Crippen molar-refractivity contribution in [2.45, 2.75) is 127 Å². The fourth-order valence-corrected chi connectivity index (χ4v) is 4.11. The molecule has 0 radical (unpaired) electrons. The number of hydrogen-bond acceptors (Lipinski definition) is 8. The van der Waals surface area contributed by atoms with Gasteiger partial charge in [0.2, 0.25) is 0 Å². The molecule has 1 atom stereocenters. The fourth-order valence-electron chi connectivity index (χ4n) is 3.44. The second-order valence-corrected chi connectivity index (χ2v) is 10.7. The first kappa shape index (κ1) is 36.9. The highest BCUT2D eigenvalue weighted by atomic mass is 32.2. The van der Waals surface area contributed by atoms with Gasteiger partial charge in [-0.25, -0.2) is 0 Å². The quantitative estimate of drug-likeness (QED) is 0.0723. The number of carbonyl (C=O) groups is 2. The van der Waals surface area contributed by atoms with Gasteiger partial charge in [-0.05, 0) is 6.42 Å². The lowest BCUT2D eigenvalue weighted by Crippen LogP contribution is -2.34. The van der Waals surface area contributed by atoms with E-state index in [9.17, 15) is 18.0 Å². The molecule has 0 aromatic carbocycles. The molecular formula is C25H50O10S. The zero-order chi connectivity index (χ0) is 27.7. The molecule has 11 heteroatoms. The van der Waals surface area contributed by atoms with E-state index in [0.717, 1.165) is 19.3 Å². The van der Waals surface area contributed by atoms with E-state index < -0.39 is 39.8 Å². The van der Waals surface area contributed by atoms with E-state index in [2.05, 4.69) is 6.92 Å². The fraction of sp³-hybridized carbons (Fsp3) is 0.920. The molecule has 216 valence electrons. The summed E-state index contributed by atoms with van der Waals surface area (Å²) in [6.07, 6.45) is 17.6. The maximum atomic E-state index is 11.7. The summed E-state index contributed by atoms with van der Waals surface area (Å²) in [5, 5.41) is 30.6. The van der Waals surface area contributed by atoms with Gasteiger partial charge in [0.05, 0.1) is 26.2 Å². The van der Waals surface area contributed by atoms with Crippen LogP contribution < -0.4 is 0 Å². The maximum Gasteiger partial charge on any atom is 0.327 e. The molecule has 0 fully saturated rings. The van der Waals surface area contributed by atoms with Crippen LogP contribution in [0.3, 0.4) is 0 Å².